The Hall–Kier alpha value is -0.790. The smallest absolute Gasteiger partial charge is 0.234 e. The molecule has 0 fully saturated rings. The molecule has 0 aliphatic rings. The van der Waals surface area contributed by atoms with E-state index in [1.54, 1.807) is 5.82 Å². The van der Waals surface area contributed by atoms with Crippen molar-refractivity contribution >= 4 is 0 Å². The van der Waals surface area contributed by atoms with E-state index in [1.165, 1.54) is 193 Å². The number of aryl methyl sites for hydroxylation is 2. The van der Waals surface area contributed by atoms with Gasteiger partial charge in [0.25, 0.3) is 5.82 Å². The summed E-state index contributed by atoms with van der Waals surface area (Å²) in [6.45, 7) is 9.38. The fourth-order valence-electron chi connectivity index (χ4n) is 5.97. The highest BCUT2D eigenvalue weighted by Crippen LogP contribution is 2.15. The van der Waals surface area contributed by atoms with Gasteiger partial charge in [-0.25, -0.2) is 9.13 Å². The maximum atomic E-state index is 2.61. The van der Waals surface area contributed by atoms with Gasteiger partial charge in [-0.2, -0.15) is 0 Å². The first-order chi connectivity index (χ1) is 18.8. The molecule has 0 N–H and O–H groups in total. The molecule has 1 rings (SSSR count). The summed E-state index contributed by atoms with van der Waals surface area (Å²) in [6.07, 6.45) is 44.5. The van der Waals surface area contributed by atoms with Crippen molar-refractivity contribution in [3.8, 4) is 0 Å². The van der Waals surface area contributed by atoms with Gasteiger partial charge in [-0.3, -0.25) is 0 Å². The van der Waals surface area contributed by atoms with E-state index < -0.39 is 0 Å². The monoisotopic (exact) mass is 532 g/mol. The molecule has 2 nitrogen and oxygen atoms in total. The second kappa shape index (κ2) is 27.8. The van der Waals surface area contributed by atoms with Crippen molar-refractivity contribution in [1.82, 2.24) is 4.57 Å². The number of imidazole rings is 1. The maximum Gasteiger partial charge on any atom is 0.256 e. The van der Waals surface area contributed by atoms with Crippen molar-refractivity contribution in [3.63, 3.8) is 0 Å². The predicted molar refractivity (Wildman–Crippen MR) is 170 cm³/mol. The van der Waals surface area contributed by atoms with Crippen LogP contribution >= 0.6 is 0 Å². The van der Waals surface area contributed by atoms with E-state index >= 15 is 0 Å². The van der Waals surface area contributed by atoms with Crippen molar-refractivity contribution in [2.75, 3.05) is 0 Å². The van der Waals surface area contributed by atoms with Crippen LogP contribution in [0.25, 0.3) is 0 Å². The molecule has 0 radical (unpaired) electrons. The van der Waals surface area contributed by atoms with Gasteiger partial charge in [-0.05, 0) is 32.1 Å². The normalized spacial score (nSPS) is 11.6. The molecule has 0 saturated carbocycles. The lowest BCUT2D eigenvalue weighted by atomic mass is 10.0. The number of unbranched alkanes of at least 4 members (excludes halogenated alkanes) is 24. The van der Waals surface area contributed by atoms with E-state index in [4.69, 9.17) is 0 Å². The highest BCUT2D eigenvalue weighted by atomic mass is 15.1. The van der Waals surface area contributed by atoms with E-state index in [-0.39, 0.29) is 0 Å². The van der Waals surface area contributed by atoms with Crippen molar-refractivity contribution in [2.24, 2.45) is 0 Å². The van der Waals surface area contributed by atoms with Crippen LogP contribution in [0.4, 0.5) is 0 Å². The molecule has 0 atom stereocenters. The van der Waals surface area contributed by atoms with Crippen LogP contribution in [0.2, 0.25) is 0 Å². The lowest BCUT2D eigenvalue weighted by molar-refractivity contribution is -0.704. The van der Waals surface area contributed by atoms with Gasteiger partial charge in [-0.15, -0.1) is 0 Å². The van der Waals surface area contributed by atoms with E-state index in [1.807, 2.05) is 0 Å². The molecule has 0 amide bonds. The van der Waals surface area contributed by atoms with E-state index in [2.05, 4.69) is 42.3 Å². The number of hydrogen-bond acceptors (Lipinski definition) is 0. The fraction of sp³-hybridized carbons (Fsp3) is 0.917. The third-order valence-corrected chi connectivity index (χ3v) is 8.60. The summed E-state index contributed by atoms with van der Waals surface area (Å²) < 4.78 is 5.20. The molecule has 1 aromatic heterocycles. The highest BCUT2D eigenvalue weighted by Gasteiger charge is 2.16. The summed E-state index contributed by atoms with van der Waals surface area (Å²) in [5.74, 6) is 1.61. The molecule has 0 aliphatic heterocycles. The van der Waals surface area contributed by atoms with Gasteiger partial charge >= 0.3 is 0 Å². The van der Waals surface area contributed by atoms with Crippen LogP contribution < -0.4 is 4.57 Å². The molecule has 0 aromatic carbocycles. The first-order valence-corrected chi connectivity index (χ1v) is 17.9. The summed E-state index contributed by atoms with van der Waals surface area (Å²) in [4.78, 5) is 0. The largest absolute Gasteiger partial charge is 0.256 e. The number of nitrogens with zero attached hydrogens (tertiary/aromatic N) is 2. The average molecular weight is 532 g/mol. The Labute approximate surface area is 240 Å². The maximum absolute atomic E-state index is 2.61. The second-order valence-electron chi connectivity index (χ2n) is 12.3. The zero-order chi connectivity index (χ0) is 27.4. The topological polar surface area (TPSA) is 8.81 Å². The SMILES string of the molecule is CCCCCCCCCCCCCCCCCn1cc[n+](CCCCC)c1CCCCCCCCCCC. The number of rotatable bonds is 30. The molecule has 0 spiro atoms. The first-order valence-electron chi connectivity index (χ1n) is 17.9. The van der Waals surface area contributed by atoms with Gasteiger partial charge < -0.3 is 0 Å². The van der Waals surface area contributed by atoms with Gasteiger partial charge in [0.15, 0.2) is 0 Å². The minimum absolute atomic E-state index is 1.21. The standard InChI is InChI=1S/C36H71N2/c1-4-7-10-12-14-16-17-18-19-20-21-23-25-27-30-33-38-35-34-37(32-29-9-6-3)36(38)31-28-26-24-22-15-13-11-8-5-2/h34-35H,4-33H2,1-3H3/q+1. The van der Waals surface area contributed by atoms with E-state index in [9.17, 15) is 0 Å². The molecule has 0 unspecified atom stereocenters. The Bertz CT molecular complexity index is 590. The molecule has 1 heterocycles. The molecule has 0 saturated heterocycles. The predicted octanol–water partition coefficient (Wildman–Crippen LogP) is 11.9. The average Bonchev–Trinajstić information content (AvgIpc) is 3.31. The molecule has 0 aliphatic carbocycles. The van der Waals surface area contributed by atoms with Crippen LogP contribution in [-0.4, -0.2) is 4.57 Å². The summed E-state index contributed by atoms with van der Waals surface area (Å²) in [5.41, 5.74) is 0. The first kappa shape index (κ1) is 35.2. The van der Waals surface area contributed by atoms with Crippen LogP contribution in [0, 0.1) is 0 Å². The Morgan fingerprint density at radius 3 is 1.26 bits per heavy atom. The summed E-state index contributed by atoms with van der Waals surface area (Å²) in [6, 6.07) is 0. The Kier molecular flexibility index (Phi) is 25.7. The van der Waals surface area contributed by atoms with Crippen molar-refractivity contribution in [1.29, 1.82) is 0 Å². The van der Waals surface area contributed by atoms with E-state index in [0.29, 0.717) is 0 Å². The summed E-state index contributed by atoms with van der Waals surface area (Å²) in [5, 5.41) is 0. The number of hydrogen-bond donors (Lipinski definition) is 0. The van der Waals surface area contributed by atoms with Crippen molar-refractivity contribution in [3.05, 3.63) is 18.2 Å². The quantitative estimate of drug-likeness (QED) is 0.0689. The molecular weight excluding hydrogens is 460 g/mol. The van der Waals surface area contributed by atoms with Crippen molar-refractivity contribution < 1.29 is 4.57 Å². The third kappa shape index (κ3) is 20.2. The van der Waals surface area contributed by atoms with Gasteiger partial charge in [0.1, 0.15) is 12.4 Å². The second-order valence-corrected chi connectivity index (χ2v) is 12.3. The fourth-order valence-corrected chi connectivity index (χ4v) is 5.97. The zero-order valence-corrected chi connectivity index (χ0v) is 26.8. The summed E-state index contributed by atoms with van der Waals surface area (Å²) in [7, 11) is 0. The molecular formula is C36H71N2+. The third-order valence-electron chi connectivity index (χ3n) is 8.60. The molecule has 0 bridgehead atoms. The lowest BCUT2D eigenvalue weighted by Crippen LogP contribution is -2.37. The van der Waals surface area contributed by atoms with Crippen LogP contribution in [0.5, 0.6) is 0 Å². The highest BCUT2D eigenvalue weighted by molar-refractivity contribution is 4.84. The van der Waals surface area contributed by atoms with E-state index in [0.717, 1.165) is 0 Å². The molecule has 1 aromatic rings. The lowest BCUT2D eigenvalue weighted by Gasteiger charge is -2.07. The minimum Gasteiger partial charge on any atom is -0.234 e. The zero-order valence-electron chi connectivity index (χ0n) is 26.8. The van der Waals surface area contributed by atoms with Crippen LogP contribution in [-0.2, 0) is 19.5 Å². The summed E-state index contributed by atoms with van der Waals surface area (Å²) >= 11 is 0. The van der Waals surface area contributed by atoms with Crippen LogP contribution in [0.1, 0.15) is 200 Å². The van der Waals surface area contributed by atoms with Crippen LogP contribution in [0.15, 0.2) is 12.4 Å². The van der Waals surface area contributed by atoms with Gasteiger partial charge in [0, 0.05) is 6.42 Å². The van der Waals surface area contributed by atoms with Crippen molar-refractivity contribution in [2.45, 2.75) is 214 Å². The molecule has 2 heteroatoms. The minimum atomic E-state index is 1.21. The Morgan fingerprint density at radius 2 is 0.816 bits per heavy atom. The van der Waals surface area contributed by atoms with Gasteiger partial charge in [-0.1, -0.05) is 162 Å². The Balaban J connectivity index is 2.15. The van der Waals surface area contributed by atoms with Gasteiger partial charge in [0.2, 0.25) is 0 Å². The van der Waals surface area contributed by atoms with Gasteiger partial charge in [0.05, 0.1) is 13.1 Å². The molecule has 38 heavy (non-hydrogen) atoms. The molecule has 224 valence electrons. The Morgan fingerprint density at radius 1 is 0.447 bits per heavy atom. The number of aromatic nitrogens is 2. The van der Waals surface area contributed by atoms with Crippen LogP contribution in [0.3, 0.4) is 0 Å².